The first-order valence-corrected chi connectivity index (χ1v) is 8.93. The summed E-state index contributed by atoms with van der Waals surface area (Å²) in [5.41, 5.74) is 0.792. The number of piperidine rings is 1. The van der Waals surface area contributed by atoms with Crippen LogP contribution in [0.1, 0.15) is 24.8 Å². The third kappa shape index (κ3) is 3.47. The van der Waals surface area contributed by atoms with E-state index in [0.717, 1.165) is 42.6 Å². The summed E-state index contributed by atoms with van der Waals surface area (Å²) in [5, 5.41) is 15.2. The van der Waals surface area contributed by atoms with Gasteiger partial charge in [-0.3, -0.25) is 0 Å². The normalized spacial score (nSPS) is 15.2. The smallest absolute Gasteiger partial charge is 0.219 e. The van der Waals surface area contributed by atoms with Crippen LogP contribution >= 0.6 is 0 Å². The van der Waals surface area contributed by atoms with E-state index >= 15 is 0 Å². The molecule has 0 saturated carbocycles. The molecule has 0 aliphatic carbocycles. The minimum absolute atomic E-state index is 0.514. The number of hydrogen-bond donors (Lipinski definition) is 1. The molecule has 0 bridgehead atoms. The van der Waals surface area contributed by atoms with E-state index in [1.165, 1.54) is 11.8 Å². The molecule has 1 fully saturated rings. The zero-order valence-corrected chi connectivity index (χ0v) is 14.5. The molecule has 2 aromatic carbocycles. The van der Waals surface area contributed by atoms with Gasteiger partial charge in [0.05, 0.1) is 0 Å². The largest absolute Gasteiger partial charge is 0.439 e. The zero-order chi connectivity index (χ0) is 17.8. The van der Waals surface area contributed by atoms with Gasteiger partial charge >= 0.3 is 0 Å². The predicted molar refractivity (Wildman–Crippen MR) is 102 cm³/mol. The van der Waals surface area contributed by atoms with Crippen LogP contribution in [0.4, 0.5) is 0 Å². The molecule has 1 saturated heterocycles. The number of nitrogens with zero attached hydrogens (tertiary/aromatic N) is 3. The maximum atomic E-state index is 9.42. The molecule has 1 N–H and O–H groups in total. The molecular weight excluding hydrogens is 326 g/mol. The molecule has 2 heterocycles. The van der Waals surface area contributed by atoms with Gasteiger partial charge in [-0.2, -0.15) is 0 Å². The van der Waals surface area contributed by atoms with Gasteiger partial charge in [0.15, 0.2) is 5.84 Å². The highest BCUT2D eigenvalue weighted by molar-refractivity contribution is 5.98. The Bertz CT molecular complexity index is 916. The van der Waals surface area contributed by atoms with Gasteiger partial charge in [-0.15, -0.1) is 0 Å². The summed E-state index contributed by atoms with van der Waals surface area (Å²) in [4.78, 5) is 6.48. The van der Waals surface area contributed by atoms with Crippen molar-refractivity contribution in [1.82, 2.24) is 9.88 Å². The van der Waals surface area contributed by atoms with Crippen LogP contribution < -0.4 is 4.74 Å². The van der Waals surface area contributed by atoms with Crippen LogP contribution in [-0.2, 0) is 0 Å². The van der Waals surface area contributed by atoms with Gasteiger partial charge in [0.1, 0.15) is 5.75 Å². The summed E-state index contributed by atoms with van der Waals surface area (Å²) in [6, 6.07) is 17.8. The van der Waals surface area contributed by atoms with E-state index in [-0.39, 0.29) is 0 Å². The molecule has 132 valence electrons. The number of amidine groups is 1. The van der Waals surface area contributed by atoms with Crippen LogP contribution in [0.2, 0.25) is 0 Å². The number of aromatic nitrogens is 1. The topological polar surface area (TPSA) is 58.0 Å². The number of likely N-dealkylation sites (tertiary alicyclic amines) is 1. The van der Waals surface area contributed by atoms with Crippen LogP contribution in [0.15, 0.2) is 65.9 Å². The van der Waals surface area contributed by atoms with E-state index in [1.807, 2.05) is 36.4 Å². The number of pyridine rings is 1. The maximum absolute atomic E-state index is 9.42. The molecule has 26 heavy (non-hydrogen) atoms. The molecule has 0 atom stereocenters. The van der Waals surface area contributed by atoms with Gasteiger partial charge < -0.3 is 14.8 Å². The lowest BCUT2D eigenvalue weighted by Gasteiger charge is -2.28. The Morgan fingerprint density at radius 1 is 0.962 bits per heavy atom. The molecule has 0 radical (unpaired) electrons. The molecule has 0 unspecified atom stereocenters. The molecule has 0 spiro atoms. The number of fused-ring (bicyclic) bond motifs is 1. The number of oxime groups is 1. The van der Waals surface area contributed by atoms with Crippen molar-refractivity contribution in [2.75, 3.05) is 13.1 Å². The first kappa shape index (κ1) is 16.4. The fourth-order valence-corrected chi connectivity index (χ4v) is 3.33. The average molecular weight is 347 g/mol. The van der Waals surface area contributed by atoms with Gasteiger partial charge in [-0.25, -0.2) is 4.98 Å². The second kappa shape index (κ2) is 7.44. The Balaban J connectivity index is 1.51. The lowest BCUT2D eigenvalue weighted by molar-refractivity contribution is 0.286. The highest BCUT2D eigenvalue weighted by Crippen LogP contribution is 2.25. The van der Waals surface area contributed by atoms with Crippen LogP contribution in [0.3, 0.4) is 0 Å². The fourth-order valence-electron chi connectivity index (χ4n) is 3.33. The quantitative estimate of drug-likeness (QED) is 0.324. The maximum Gasteiger partial charge on any atom is 0.219 e. The highest BCUT2D eigenvalue weighted by Gasteiger charge is 2.17. The monoisotopic (exact) mass is 347 g/mol. The Morgan fingerprint density at radius 2 is 1.77 bits per heavy atom. The van der Waals surface area contributed by atoms with Crippen molar-refractivity contribution in [3.63, 3.8) is 0 Å². The Kier molecular flexibility index (Phi) is 4.69. The van der Waals surface area contributed by atoms with Crippen molar-refractivity contribution in [3.05, 3.63) is 66.4 Å². The predicted octanol–water partition coefficient (Wildman–Crippen LogP) is 4.65. The molecule has 4 rings (SSSR count). The zero-order valence-electron chi connectivity index (χ0n) is 14.5. The third-order valence-corrected chi connectivity index (χ3v) is 4.69. The van der Waals surface area contributed by atoms with E-state index < -0.39 is 0 Å². The minimum Gasteiger partial charge on any atom is -0.439 e. The Hall–Kier alpha value is -3.08. The molecule has 1 aliphatic heterocycles. The number of ether oxygens (including phenoxy) is 1. The van der Waals surface area contributed by atoms with Crippen molar-refractivity contribution in [2.45, 2.75) is 19.3 Å². The molecule has 3 aromatic rings. The molecule has 1 aliphatic rings. The van der Waals surface area contributed by atoms with Gasteiger partial charge in [-0.05, 0) is 48.2 Å². The SMILES string of the molecule is O/N=C(/c1ccc(Oc2ccc3ccccc3c2)nc1)N1CCCCC1. The molecular formula is C21H21N3O2. The molecule has 1 aromatic heterocycles. The molecule has 5 heteroatoms. The Morgan fingerprint density at radius 3 is 2.50 bits per heavy atom. The van der Waals surface area contributed by atoms with Gasteiger partial charge in [0.2, 0.25) is 5.88 Å². The molecule has 0 amide bonds. The number of benzene rings is 2. The summed E-state index contributed by atoms with van der Waals surface area (Å²) < 4.78 is 5.87. The van der Waals surface area contributed by atoms with E-state index in [1.54, 1.807) is 12.3 Å². The van der Waals surface area contributed by atoms with Crippen molar-refractivity contribution >= 4 is 16.6 Å². The summed E-state index contributed by atoms with van der Waals surface area (Å²) >= 11 is 0. The van der Waals surface area contributed by atoms with Crippen molar-refractivity contribution < 1.29 is 9.94 Å². The van der Waals surface area contributed by atoms with E-state index in [9.17, 15) is 5.21 Å². The van der Waals surface area contributed by atoms with Crippen LogP contribution in [0, 0.1) is 0 Å². The minimum atomic E-state index is 0.514. The summed E-state index contributed by atoms with van der Waals surface area (Å²) in [5.74, 6) is 1.84. The van der Waals surface area contributed by atoms with Crippen molar-refractivity contribution in [2.24, 2.45) is 5.16 Å². The lowest BCUT2D eigenvalue weighted by atomic mass is 10.1. The van der Waals surface area contributed by atoms with Gasteiger partial charge in [0.25, 0.3) is 0 Å². The standard InChI is InChI=1S/C21H21N3O2/c25-23-21(24-12-4-1-5-13-24)18-9-11-20(22-15-18)26-19-10-8-16-6-2-3-7-17(16)14-19/h2-3,6-11,14-15,25H,1,4-5,12-13H2/b23-21-. The van der Waals surface area contributed by atoms with Crippen molar-refractivity contribution in [1.29, 1.82) is 0 Å². The van der Waals surface area contributed by atoms with Gasteiger partial charge in [-0.1, -0.05) is 35.5 Å². The second-order valence-electron chi connectivity index (χ2n) is 6.47. The third-order valence-electron chi connectivity index (χ3n) is 4.69. The summed E-state index contributed by atoms with van der Waals surface area (Å²) in [7, 11) is 0. The fraction of sp³-hybridized carbons (Fsp3) is 0.238. The number of hydrogen-bond acceptors (Lipinski definition) is 4. The first-order valence-electron chi connectivity index (χ1n) is 8.93. The number of rotatable bonds is 3. The summed E-state index contributed by atoms with van der Waals surface area (Å²) in [6.07, 6.45) is 5.16. The van der Waals surface area contributed by atoms with Crippen LogP contribution in [-0.4, -0.2) is 34.0 Å². The lowest BCUT2D eigenvalue weighted by Crippen LogP contribution is -2.36. The highest BCUT2D eigenvalue weighted by atomic mass is 16.5. The first-order chi connectivity index (χ1) is 12.8. The van der Waals surface area contributed by atoms with Crippen LogP contribution in [0.5, 0.6) is 11.6 Å². The van der Waals surface area contributed by atoms with Gasteiger partial charge in [0, 0.05) is 30.9 Å². The second-order valence-corrected chi connectivity index (χ2v) is 6.47. The van der Waals surface area contributed by atoms with Crippen molar-refractivity contribution in [3.8, 4) is 11.6 Å². The van der Waals surface area contributed by atoms with E-state index in [0.29, 0.717) is 11.7 Å². The Labute approximate surface area is 152 Å². The molecule has 5 nitrogen and oxygen atoms in total. The van der Waals surface area contributed by atoms with E-state index in [2.05, 4.69) is 27.2 Å². The summed E-state index contributed by atoms with van der Waals surface area (Å²) in [6.45, 7) is 1.82. The van der Waals surface area contributed by atoms with Crippen LogP contribution in [0.25, 0.3) is 10.8 Å². The van der Waals surface area contributed by atoms with E-state index in [4.69, 9.17) is 4.74 Å². The average Bonchev–Trinajstić information content (AvgIpc) is 2.71.